The van der Waals surface area contributed by atoms with Gasteiger partial charge in [0.1, 0.15) is 0 Å². The smallest absolute Gasteiger partial charge is 0.258 e. The van der Waals surface area contributed by atoms with Gasteiger partial charge in [-0.15, -0.1) is 0 Å². The van der Waals surface area contributed by atoms with Gasteiger partial charge < -0.3 is 5.32 Å². The molecule has 7 nitrogen and oxygen atoms in total. The molecule has 3 N–H and O–H groups in total. The molecule has 0 aromatic heterocycles. The Kier molecular flexibility index (Phi) is 4.86. The number of benzene rings is 5. The number of anilines is 2. The molecular weight excluding hydrogens is 498 g/mol. The fourth-order valence-corrected chi connectivity index (χ4v) is 6.17. The van der Waals surface area contributed by atoms with E-state index in [1.54, 1.807) is 30.3 Å². The number of hydrogen-bond donors (Lipinski definition) is 3. The summed E-state index contributed by atoms with van der Waals surface area (Å²) in [6, 6.07) is 25.9. The molecule has 5 aromatic carbocycles. The normalized spacial score (nSPS) is 14.0. The van der Waals surface area contributed by atoms with Gasteiger partial charge >= 0.3 is 0 Å². The molecule has 4 amide bonds. The summed E-state index contributed by atoms with van der Waals surface area (Å²) in [6.07, 6.45) is 0. The minimum absolute atomic E-state index is 0.396. The molecule has 182 valence electrons. The Morgan fingerprint density at radius 2 is 1.03 bits per heavy atom. The van der Waals surface area contributed by atoms with Crippen molar-refractivity contribution in [3.63, 3.8) is 0 Å². The molecule has 0 unspecified atom stereocenters. The second kappa shape index (κ2) is 8.29. The van der Waals surface area contributed by atoms with Crippen molar-refractivity contribution in [3.8, 4) is 0 Å². The van der Waals surface area contributed by atoms with Crippen LogP contribution in [0.4, 0.5) is 11.4 Å². The Morgan fingerprint density at radius 3 is 1.71 bits per heavy atom. The summed E-state index contributed by atoms with van der Waals surface area (Å²) in [5.41, 5.74) is 3.48. The summed E-state index contributed by atoms with van der Waals surface area (Å²) in [6.45, 7) is 0. The Morgan fingerprint density at radius 1 is 0.474 bits per heavy atom. The highest BCUT2D eigenvalue weighted by atomic mass is 32.2. The Hall–Kier alpha value is -4.95. The highest BCUT2D eigenvalue weighted by molar-refractivity contribution is 7.99. The number of para-hydroxylation sites is 1. The first-order chi connectivity index (χ1) is 18.5. The Labute approximate surface area is 220 Å². The third-order valence-electron chi connectivity index (χ3n) is 6.85. The summed E-state index contributed by atoms with van der Waals surface area (Å²) in [5, 5.41) is 11.2. The van der Waals surface area contributed by atoms with Crippen molar-refractivity contribution in [1.29, 1.82) is 0 Å². The van der Waals surface area contributed by atoms with Gasteiger partial charge in [0.15, 0.2) is 0 Å². The molecule has 0 saturated heterocycles. The Bertz CT molecular complexity index is 1740. The minimum atomic E-state index is -0.406. The molecular formula is C30H17N3O4S. The van der Waals surface area contributed by atoms with Gasteiger partial charge in [-0.1, -0.05) is 48.2 Å². The highest BCUT2D eigenvalue weighted by Gasteiger charge is 2.27. The third kappa shape index (κ3) is 3.31. The van der Waals surface area contributed by atoms with Gasteiger partial charge in [-0.25, -0.2) is 0 Å². The maximum absolute atomic E-state index is 12.4. The number of amides is 4. The van der Waals surface area contributed by atoms with Crippen LogP contribution in [0.5, 0.6) is 0 Å². The lowest BCUT2D eigenvalue weighted by atomic mass is 9.94. The number of nitrogens with one attached hydrogen (secondary N) is 3. The van der Waals surface area contributed by atoms with E-state index in [0.29, 0.717) is 33.0 Å². The van der Waals surface area contributed by atoms with Crippen LogP contribution in [0.1, 0.15) is 41.4 Å². The van der Waals surface area contributed by atoms with Crippen LogP contribution in [-0.4, -0.2) is 23.6 Å². The lowest BCUT2D eigenvalue weighted by Crippen LogP contribution is -2.34. The summed E-state index contributed by atoms with van der Waals surface area (Å²) in [5.74, 6) is -1.60. The number of carbonyl (C=O) groups is 4. The summed E-state index contributed by atoms with van der Waals surface area (Å²) >= 11 is 1.52. The number of hydrogen-bond acceptors (Lipinski definition) is 6. The number of rotatable bonds is 4. The van der Waals surface area contributed by atoms with E-state index in [4.69, 9.17) is 0 Å². The molecule has 0 aliphatic carbocycles. The lowest BCUT2D eigenvalue weighted by Gasteiger charge is -2.20. The Balaban J connectivity index is 1.32. The van der Waals surface area contributed by atoms with Gasteiger partial charge in [-0.3, -0.25) is 29.8 Å². The van der Waals surface area contributed by atoms with E-state index in [1.165, 1.54) is 11.8 Å². The van der Waals surface area contributed by atoms with Crippen molar-refractivity contribution in [1.82, 2.24) is 10.6 Å². The molecule has 5 aromatic rings. The van der Waals surface area contributed by atoms with Crippen LogP contribution in [0.25, 0.3) is 21.5 Å². The van der Waals surface area contributed by atoms with Crippen molar-refractivity contribution in [2.24, 2.45) is 0 Å². The molecule has 0 bridgehead atoms. The maximum atomic E-state index is 12.4. The molecule has 0 radical (unpaired) electrons. The van der Waals surface area contributed by atoms with Crippen LogP contribution in [0, 0.1) is 0 Å². The molecule has 0 saturated carbocycles. The van der Waals surface area contributed by atoms with Crippen LogP contribution in [0.3, 0.4) is 0 Å². The first kappa shape index (κ1) is 22.3. The van der Waals surface area contributed by atoms with Gasteiger partial charge in [0, 0.05) is 53.9 Å². The number of imide groups is 2. The number of carbonyl (C=O) groups excluding carboxylic acids is 4. The predicted molar refractivity (Wildman–Crippen MR) is 145 cm³/mol. The standard InChI is InChI=1S/C30H17N3O4S/c34-27-17-7-3-5-15-21(13-11-19(25(15)17)29(36)32-27)31-22-9-1-2-10-24(22)38-23-14-12-20-26-16(23)6-4-8-18(26)28(35)33-30(20)37/h1-14,31H,(H,32,34,36)(H,33,35,37). The van der Waals surface area contributed by atoms with E-state index >= 15 is 0 Å². The van der Waals surface area contributed by atoms with E-state index in [-0.39, 0.29) is 0 Å². The molecule has 2 heterocycles. The van der Waals surface area contributed by atoms with Crippen LogP contribution < -0.4 is 16.0 Å². The van der Waals surface area contributed by atoms with Crippen molar-refractivity contribution in [2.45, 2.75) is 9.79 Å². The minimum Gasteiger partial charge on any atom is -0.354 e. The fraction of sp³-hybridized carbons (Fsp3) is 0. The third-order valence-corrected chi connectivity index (χ3v) is 8.00. The average Bonchev–Trinajstić information content (AvgIpc) is 2.92. The van der Waals surface area contributed by atoms with Gasteiger partial charge in [0.25, 0.3) is 23.6 Å². The zero-order valence-electron chi connectivity index (χ0n) is 19.6. The SMILES string of the molecule is O=C1NC(=O)c2ccc(Nc3ccccc3Sc3ccc4c5c(cccc35)C(=O)NC4=O)c3cccc1c23. The van der Waals surface area contributed by atoms with Gasteiger partial charge in [0.2, 0.25) is 0 Å². The van der Waals surface area contributed by atoms with Crippen LogP contribution >= 0.6 is 11.8 Å². The van der Waals surface area contributed by atoms with Crippen molar-refractivity contribution in [2.75, 3.05) is 5.32 Å². The zero-order valence-corrected chi connectivity index (χ0v) is 20.4. The molecule has 38 heavy (non-hydrogen) atoms. The first-order valence-electron chi connectivity index (χ1n) is 11.9. The molecule has 0 fully saturated rings. The average molecular weight is 516 g/mol. The van der Waals surface area contributed by atoms with E-state index < -0.39 is 23.6 Å². The first-order valence-corrected chi connectivity index (χ1v) is 12.7. The molecule has 0 atom stereocenters. The van der Waals surface area contributed by atoms with Gasteiger partial charge in [-0.2, -0.15) is 0 Å². The van der Waals surface area contributed by atoms with E-state index in [2.05, 4.69) is 16.0 Å². The zero-order chi connectivity index (χ0) is 26.0. The van der Waals surface area contributed by atoms with Gasteiger partial charge in [0.05, 0.1) is 5.69 Å². The molecule has 2 aliphatic rings. The lowest BCUT2D eigenvalue weighted by molar-refractivity contribution is 0.0828. The fourth-order valence-electron chi connectivity index (χ4n) is 5.14. The van der Waals surface area contributed by atoms with Crippen molar-refractivity contribution in [3.05, 3.63) is 107 Å². The van der Waals surface area contributed by atoms with E-state index in [1.807, 2.05) is 54.6 Å². The second-order valence-electron chi connectivity index (χ2n) is 9.02. The van der Waals surface area contributed by atoms with Crippen molar-refractivity contribution < 1.29 is 19.2 Å². The predicted octanol–water partition coefficient (Wildman–Crippen LogP) is 5.66. The second-order valence-corrected chi connectivity index (χ2v) is 10.1. The van der Waals surface area contributed by atoms with Crippen LogP contribution in [0.15, 0.2) is 94.7 Å². The van der Waals surface area contributed by atoms with Crippen LogP contribution in [0.2, 0.25) is 0 Å². The molecule has 2 aliphatic heterocycles. The van der Waals surface area contributed by atoms with Crippen molar-refractivity contribution >= 4 is 68.3 Å². The highest BCUT2D eigenvalue weighted by Crippen LogP contribution is 2.41. The topological polar surface area (TPSA) is 104 Å². The monoisotopic (exact) mass is 515 g/mol. The summed E-state index contributed by atoms with van der Waals surface area (Å²) in [4.78, 5) is 51.6. The maximum Gasteiger partial charge on any atom is 0.258 e. The molecule has 0 spiro atoms. The summed E-state index contributed by atoms with van der Waals surface area (Å²) in [7, 11) is 0. The largest absolute Gasteiger partial charge is 0.354 e. The molecule has 8 heteroatoms. The summed E-state index contributed by atoms with van der Waals surface area (Å²) < 4.78 is 0. The quantitative estimate of drug-likeness (QED) is 0.267. The molecule has 7 rings (SSSR count). The van der Waals surface area contributed by atoms with Crippen LogP contribution in [-0.2, 0) is 0 Å². The van der Waals surface area contributed by atoms with Gasteiger partial charge in [-0.05, 0) is 53.9 Å². The van der Waals surface area contributed by atoms with E-state index in [9.17, 15) is 19.2 Å². The van der Waals surface area contributed by atoms with E-state index in [0.717, 1.165) is 31.9 Å².